The van der Waals surface area contributed by atoms with E-state index in [4.69, 9.17) is 9.72 Å². The van der Waals surface area contributed by atoms with Crippen LogP contribution in [0.1, 0.15) is 18.1 Å². The van der Waals surface area contributed by atoms with Gasteiger partial charge in [-0.2, -0.15) is 0 Å². The summed E-state index contributed by atoms with van der Waals surface area (Å²) < 4.78 is 34.1. The summed E-state index contributed by atoms with van der Waals surface area (Å²) in [5.41, 5.74) is 6.86. The van der Waals surface area contributed by atoms with Crippen LogP contribution < -0.4 is 14.4 Å². The predicted octanol–water partition coefficient (Wildman–Crippen LogP) is 6.10. The van der Waals surface area contributed by atoms with Crippen molar-refractivity contribution in [2.24, 2.45) is 0 Å². The van der Waals surface area contributed by atoms with Crippen molar-refractivity contribution in [2.45, 2.75) is 25.2 Å². The number of aryl methyl sites for hydroxylation is 2. The molecule has 0 aliphatic carbocycles. The number of rotatable bonds is 10. The number of sulfonamides is 1. The number of hydrogen-bond donors (Lipinski definition) is 2. The molecule has 9 heteroatoms. The van der Waals surface area contributed by atoms with Crippen LogP contribution >= 0.6 is 0 Å². The number of ether oxygens (including phenoxy) is 1. The van der Waals surface area contributed by atoms with Gasteiger partial charge < -0.3 is 14.6 Å². The molecule has 8 nitrogen and oxygen atoms in total. The number of nitrogens with one attached hydrogen (secondary N) is 2. The Kier molecular flexibility index (Phi) is 8.35. The monoisotopic (exact) mass is 595 g/mol. The summed E-state index contributed by atoms with van der Waals surface area (Å²) in [4.78, 5) is 13.6. The van der Waals surface area contributed by atoms with E-state index in [2.05, 4.69) is 68.9 Å². The normalized spacial score (nSPS) is 14.2. The van der Waals surface area contributed by atoms with Crippen LogP contribution in [0.25, 0.3) is 22.4 Å². The molecule has 1 saturated heterocycles. The Hall–Kier alpha value is -4.34. The topological polar surface area (TPSA) is 90.6 Å². The first-order chi connectivity index (χ1) is 20.9. The molecule has 5 aromatic rings. The molecule has 0 saturated carbocycles. The fraction of sp³-hybridized carbons (Fsp3) is 0.265. The minimum absolute atomic E-state index is 0.277. The standard InChI is InChI=1S/C34H37N5O3S/c1-3-26-11-13-27(14-12-26)34-35-30-8-6-9-31(33(30)36-34)39-21-19-38(20-22-39)23-24-42-29-17-15-28(16-18-29)37-43(40,41)32-10-5-4-7-25(32)2/h4-18,37H,3,19-24H2,1-2H3,(H,35,36). The average Bonchev–Trinajstić information content (AvgIpc) is 3.47. The maximum Gasteiger partial charge on any atom is 0.262 e. The van der Waals surface area contributed by atoms with Crippen LogP contribution in [-0.2, 0) is 16.4 Å². The lowest BCUT2D eigenvalue weighted by molar-refractivity contribution is 0.200. The van der Waals surface area contributed by atoms with Crippen molar-refractivity contribution in [3.05, 3.63) is 102 Å². The van der Waals surface area contributed by atoms with Gasteiger partial charge in [-0.3, -0.25) is 9.62 Å². The molecule has 0 amide bonds. The van der Waals surface area contributed by atoms with Crippen molar-refractivity contribution in [1.82, 2.24) is 14.9 Å². The molecular formula is C34H37N5O3S. The molecule has 0 atom stereocenters. The fourth-order valence-corrected chi connectivity index (χ4v) is 6.81. The van der Waals surface area contributed by atoms with E-state index in [1.165, 1.54) is 11.3 Å². The lowest BCUT2D eigenvalue weighted by atomic mass is 10.1. The number of para-hydroxylation sites is 1. The highest BCUT2D eigenvalue weighted by molar-refractivity contribution is 7.92. The van der Waals surface area contributed by atoms with Gasteiger partial charge in [-0.1, -0.05) is 55.5 Å². The number of benzene rings is 4. The predicted molar refractivity (Wildman–Crippen MR) is 173 cm³/mol. The summed E-state index contributed by atoms with van der Waals surface area (Å²) >= 11 is 0. The van der Waals surface area contributed by atoms with Gasteiger partial charge in [0.25, 0.3) is 10.0 Å². The minimum atomic E-state index is -3.65. The van der Waals surface area contributed by atoms with Gasteiger partial charge in [0.2, 0.25) is 0 Å². The van der Waals surface area contributed by atoms with Gasteiger partial charge in [0.15, 0.2) is 0 Å². The van der Waals surface area contributed by atoms with Crippen molar-refractivity contribution < 1.29 is 13.2 Å². The zero-order valence-corrected chi connectivity index (χ0v) is 25.4. The number of imidazole rings is 1. The first kappa shape index (κ1) is 28.8. The minimum Gasteiger partial charge on any atom is -0.492 e. The van der Waals surface area contributed by atoms with Crippen LogP contribution in [0.2, 0.25) is 0 Å². The van der Waals surface area contributed by atoms with Crippen LogP contribution in [0.4, 0.5) is 11.4 Å². The Morgan fingerprint density at radius 3 is 2.35 bits per heavy atom. The van der Waals surface area contributed by atoms with Gasteiger partial charge in [0, 0.05) is 44.0 Å². The molecule has 4 aromatic carbocycles. The molecule has 0 radical (unpaired) electrons. The van der Waals surface area contributed by atoms with Crippen molar-refractivity contribution in [3.63, 3.8) is 0 Å². The lowest BCUT2D eigenvalue weighted by Crippen LogP contribution is -2.47. The summed E-state index contributed by atoms with van der Waals surface area (Å²) in [5.74, 6) is 1.61. The fourth-order valence-electron chi connectivity index (χ4n) is 5.50. The number of nitrogens with zero attached hydrogens (tertiary/aromatic N) is 3. The molecule has 6 rings (SSSR count). The quantitative estimate of drug-likeness (QED) is 0.203. The maximum absolute atomic E-state index is 12.8. The zero-order valence-electron chi connectivity index (χ0n) is 24.6. The van der Waals surface area contributed by atoms with Gasteiger partial charge in [0.1, 0.15) is 23.7 Å². The van der Waals surface area contributed by atoms with E-state index in [9.17, 15) is 8.42 Å². The summed E-state index contributed by atoms with van der Waals surface area (Å²) in [7, 11) is -3.65. The van der Waals surface area contributed by atoms with E-state index in [0.29, 0.717) is 23.6 Å². The van der Waals surface area contributed by atoms with Gasteiger partial charge in [-0.25, -0.2) is 13.4 Å². The molecule has 222 valence electrons. The number of anilines is 2. The van der Waals surface area contributed by atoms with E-state index in [1.54, 1.807) is 49.4 Å². The number of H-pyrrole nitrogens is 1. The molecule has 1 aliphatic heterocycles. The summed E-state index contributed by atoms with van der Waals surface area (Å²) in [6.07, 6.45) is 1.02. The Balaban J connectivity index is 1.00. The van der Waals surface area contributed by atoms with Crippen LogP contribution in [0.5, 0.6) is 5.75 Å². The van der Waals surface area contributed by atoms with E-state index in [0.717, 1.165) is 61.6 Å². The van der Waals surface area contributed by atoms with Gasteiger partial charge >= 0.3 is 0 Å². The SMILES string of the molecule is CCc1ccc(-c2nc3c(N4CCN(CCOc5ccc(NS(=O)(=O)c6ccccc6C)cc5)CC4)cccc3[nH]2)cc1. The van der Waals surface area contributed by atoms with E-state index >= 15 is 0 Å². The molecule has 0 unspecified atom stereocenters. The Morgan fingerprint density at radius 1 is 0.884 bits per heavy atom. The highest BCUT2D eigenvalue weighted by Crippen LogP contribution is 2.29. The average molecular weight is 596 g/mol. The number of fused-ring (bicyclic) bond motifs is 1. The second-order valence-electron chi connectivity index (χ2n) is 10.9. The van der Waals surface area contributed by atoms with E-state index in [1.807, 2.05) is 6.07 Å². The number of hydrogen-bond acceptors (Lipinski definition) is 6. The van der Waals surface area contributed by atoms with Gasteiger partial charge in [-0.15, -0.1) is 0 Å². The van der Waals surface area contributed by atoms with Crippen molar-refractivity contribution in [3.8, 4) is 17.1 Å². The van der Waals surface area contributed by atoms with Crippen LogP contribution in [0, 0.1) is 6.92 Å². The summed E-state index contributed by atoms with van der Waals surface area (Å²) in [6.45, 7) is 9.05. The highest BCUT2D eigenvalue weighted by Gasteiger charge is 2.21. The van der Waals surface area contributed by atoms with E-state index in [-0.39, 0.29) is 4.90 Å². The second kappa shape index (κ2) is 12.5. The van der Waals surface area contributed by atoms with Gasteiger partial charge in [0.05, 0.1) is 16.1 Å². The largest absolute Gasteiger partial charge is 0.492 e. The van der Waals surface area contributed by atoms with Crippen molar-refractivity contribution in [1.29, 1.82) is 0 Å². The Morgan fingerprint density at radius 2 is 1.63 bits per heavy atom. The molecule has 1 aromatic heterocycles. The molecule has 0 spiro atoms. The smallest absolute Gasteiger partial charge is 0.262 e. The lowest BCUT2D eigenvalue weighted by Gasteiger charge is -2.36. The highest BCUT2D eigenvalue weighted by atomic mass is 32.2. The molecule has 2 heterocycles. The molecule has 2 N–H and O–H groups in total. The van der Waals surface area contributed by atoms with Crippen molar-refractivity contribution >= 4 is 32.4 Å². The number of aromatic amines is 1. The van der Waals surface area contributed by atoms with Crippen molar-refractivity contribution in [2.75, 3.05) is 49.0 Å². The molecular weight excluding hydrogens is 558 g/mol. The third-order valence-corrected chi connectivity index (χ3v) is 9.55. The maximum atomic E-state index is 12.8. The van der Waals surface area contributed by atoms with Gasteiger partial charge in [-0.05, 0) is 66.9 Å². The van der Waals surface area contributed by atoms with Crippen LogP contribution in [-0.4, -0.2) is 62.6 Å². The zero-order chi connectivity index (χ0) is 29.8. The third kappa shape index (κ3) is 6.53. The second-order valence-corrected chi connectivity index (χ2v) is 12.5. The Bertz CT molecular complexity index is 1790. The first-order valence-corrected chi connectivity index (χ1v) is 16.2. The van der Waals surface area contributed by atoms with E-state index < -0.39 is 10.0 Å². The van der Waals surface area contributed by atoms with Crippen LogP contribution in [0.3, 0.4) is 0 Å². The molecule has 1 aliphatic rings. The molecule has 43 heavy (non-hydrogen) atoms. The number of piperazine rings is 1. The first-order valence-electron chi connectivity index (χ1n) is 14.8. The van der Waals surface area contributed by atoms with Crippen LogP contribution in [0.15, 0.2) is 95.9 Å². The number of aromatic nitrogens is 2. The summed E-state index contributed by atoms with van der Waals surface area (Å²) in [6, 6.07) is 28.9. The summed E-state index contributed by atoms with van der Waals surface area (Å²) in [5, 5.41) is 0. The molecule has 1 fully saturated rings. The Labute approximate surface area is 253 Å². The molecule has 0 bridgehead atoms. The third-order valence-electron chi connectivity index (χ3n) is 8.01.